The lowest BCUT2D eigenvalue weighted by atomic mass is 10.2. The van der Waals surface area contributed by atoms with Crippen LogP contribution in [-0.4, -0.2) is 21.6 Å². The van der Waals surface area contributed by atoms with Gasteiger partial charge in [-0.1, -0.05) is 25.8 Å². The highest BCUT2D eigenvalue weighted by Crippen LogP contribution is 2.32. The van der Waals surface area contributed by atoms with E-state index in [1.165, 1.54) is 31.0 Å². The van der Waals surface area contributed by atoms with Crippen LogP contribution in [0, 0.1) is 0 Å². The quantitative estimate of drug-likeness (QED) is 0.419. The van der Waals surface area contributed by atoms with E-state index < -0.39 is 5.75 Å². The number of carbonyl (C=O) groups is 1. The molecule has 0 radical (unpaired) electrons. The Bertz CT molecular complexity index is 290. The number of benzene rings is 1. The smallest absolute Gasteiger partial charge is 0.200 e. The molecule has 1 aromatic carbocycles. The summed E-state index contributed by atoms with van der Waals surface area (Å²) in [6.45, 7) is 2.13. The van der Waals surface area contributed by atoms with Crippen LogP contribution in [0.5, 0.6) is 17.2 Å². The van der Waals surface area contributed by atoms with E-state index in [1.54, 1.807) is 0 Å². The summed E-state index contributed by atoms with van der Waals surface area (Å²) in [5.74, 6) is -1.09. The molecule has 0 amide bonds. The normalized spacial score (nSPS) is 9.06. The van der Waals surface area contributed by atoms with Gasteiger partial charge in [0.2, 0.25) is 0 Å². The molecular weight excluding hydrogens is 208 g/mol. The second-order valence-electron chi connectivity index (χ2n) is 3.31. The Balaban J connectivity index is 0.000000293. The third-order valence-corrected chi connectivity index (χ3v) is 1.92. The monoisotopic (exact) mass is 226 g/mol. The van der Waals surface area contributed by atoms with Crippen molar-refractivity contribution in [2.45, 2.75) is 32.6 Å². The summed E-state index contributed by atoms with van der Waals surface area (Å²) in [5.41, 5.74) is 0. The van der Waals surface area contributed by atoms with Crippen LogP contribution in [0.2, 0.25) is 0 Å². The summed E-state index contributed by atoms with van der Waals surface area (Å²) in [6.07, 6.45) is 5.19. The number of hydrogen-bond acceptors (Lipinski definition) is 4. The van der Waals surface area contributed by atoms with Crippen molar-refractivity contribution < 1.29 is 20.1 Å². The molecular formula is C12H18O4. The second kappa shape index (κ2) is 8.59. The van der Waals surface area contributed by atoms with Crippen molar-refractivity contribution in [2.75, 3.05) is 0 Å². The number of aromatic hydroxyl groups is 3. The molecule has 90 valence electrons. The van der Waals surface area contributed by atoms with Crippen LogP contribution in [0.1, 0.15) is 32.6 Å². The van der Waals surface area contributed by atoms with Crippen molar-refractivity contribution >= 4 is 6.29 Å². The van der Waals surface area contributed by atoms with Gasteiger partial charge in [0.15, 0.2) is 17.2 Å². The predicted molar refractivity (Wildman–Crippen MR) is 61.6 cm³/mol. The molecule has 0 unspecified atom stereocenters. The maximum Gasteiger partial charge on any atom is 0.200 e. The zero-order valence-corrected chi connectivity index (χ0v) is 9.39. The van der Waals surface area contributed by atoms with Crippen molar-refractivity contribution in [1.29, 1.82) is 0 Å². The molecule has 4 nitrogen and oxygen atoms in total. The Morgan fingerprint density at radius 2 is 1.69 bits per heavy atom. The largest absolute Gasteiger partial charge is 0.504 e. The molecule has 16 heavy (non-hydrogen) atoms. The van der Waals surface area contributed by atoms with E-state index in [9.17, 15) is 4.79 Å². The number of hydrogen-bond donors (Lipinski definition) is 3. The van der Waals surface area contributed by atoms with E-state index in [-0.39, 0.29) is 11.5 Å². The highest BCUT2D eigenvalue weighted by molar-refractivity contribution is 5.49. The van der Waals surface area contributed by atoms with Gasteiger partial charge in [-0.25, -0.2) is 0 Å². The first-order chi connectivity index (χ1) is 7.63. The molecule has 0 spiro atoms. The summed E-state index contributed by atoms with van der Waals surface area (Å²) in [6, 6.07) is 4.01. The Labute approximate surface area is 95.2 Å². The zero-order valence-electron chi connectivity index (χ0n) is 9.39. The van der Waals surface area contributed by atoms with E-state index in [4.69, 9.17) is 15.3 Å². The number of unbranched alkanes of at least 4 members (excludes halogenated alkanes) is 3. The first kappa shape index (κ1) is 14.3. The first-order valence-corrected chi connectivity index (χ1v) is 5.27. The topological polar surface area (TPSA) is 77.8 Å². The third-order valence-electron chi connectivity index (χ3n) is 1.92. The van der Waals surface area contributed by atoms with E-state index in [0.29, 0.717) is 0 Å². The number of aldehydes is 1. The first-order valence-electron chi connectivity index (χ1n) is 5.27. The number of para-hydroxylation sites is 1. The number of phenolic OH excluding ortho intramolecular Hbond substituents is 3. The van der Waals surface area contributed by atoms with Gasteiger partial charge in [-0.15, -0.1) is 0 Å². The molecule has 0 aromatic heterocycles. The van der Waals surface area contributed by atoms with Crippen LogP contribution in [0.3, 0.4) is 0 Å². The fraction of sp³-hybridized carbons (Fsp3) is 0.417. The van der Waals surface area contributed by atoms with Crippen molar-refractivity contribution in [2.24, 2.45) is 0 Å². The van der Waals surface area contributed by atoms with E-state index in [1.807, 2.05) is 0 Å². The predicted octanol–water partition coefficient (Wildman–Crippen LogP) is 2.57. The maximum absolute atomic E-state index is 9.68. The van der Waals surface area contributed by atoms with E-state index in [0.717, 1.165) is 19.1 Å². The minimum absolute atomic E-state index is 0.310. The van der Waals surface area contributed by atoms with Gasteiger partial charge in [0.05, 0.1) is 0 Å². The molecule has 0 atom stereocenters. The third kappa shape index (κ3) is 5.90. The standard InChI is InChI=1S/C6H6O3.C6H12O/c7-4-2-1-3-5(8)6(4)9;1-2-3-4-5-6-7/h1-3,7-9H;6H,2-5H2,1H3. The van der Waals surface area contributed by atoms with Gasteiger partial charge in [-0.3, -0.25) is 0 Å². The molecule has 4 heteroatoms. The van der Waals surface area contributed by atoms with Crippen molar-refractivity contribution in [3.63, 3.8) is 0 Å². The van der Waals surface area contributed by atoms with Crippen LogP contribution >= 0.6 is 0 Å². The summed E-state index contributed by atoms with van der Waals surface area (Å²) in [7, 11) is 0. The number of carbonyl (C=O) groups excluding carboxylic acids is 1. The van der Waals surface area contributed by atoms with Gasteiger partial charge < -0.3 is 20.1 Å². The molecule has 1 rings (SSSR count). The molecule has 0 fully saturated rings. The van der Waals surface area contributed by atoms with Crippen molar-refractivity contribution in [3.05, 3.63) is 18.2 Å². The maximum atomic E-state index is 9.68. The Kier molecular flexibility index (Phi) is 7.67. The molecule has 0 bridgehead atoms. The number of phenols is 3. The average molecular weight is 226 g/mol. The Hall–Kier alpha value is -1.71. The van der Waals surface area contributed by atoms with Gasteiger partial charge in [0.1, 0.15) is 6.29 Å². The fourth-order valence-corrected chi connectivity index (χ4v) is 0.997. The van der Waals surface area contributed by atoms with Gasteiger partial charge in [-0.2, -0.15) is 0 Å². The highest BCUT2D eigenvalue weighted by atomic mass is 16.3. The summed E-state index contributed by atoms with van der Waals surface area (Å²) >= 11 is 0. The molecule has 0 aliphatic heterocycles. The Morgan fingerprint density at radius 1 is 1.12 bits per heavy atom. The molecule has 0 saturated heterocycles. The Morgan fingerprint density at radius 3 is 2.06 bits per heavy atom. The molecule has 0 saturated carbocycles. The summed E-state index contributed by atoms with van der Waals surface area (Å²) in [4.78, 5) is 9.68. The molecule has 3 N–H and O–H groups in total. The van der Waals surface area contributed by atoms with Crippen molar-refractivity contribution in [3.8, 4) is 17.2 Å². The molecule has 1 aromatic rings. The highest BCUT2D eigenvalue weighted by Gasteiger charge is 2.00. The average Bonchev–Trinajstić information content (AvgIpc) is 2.27. The lowest BCUT2D eigenvalue weighted by Crippen LogP contribution is -1.73. The zero-order chi connectivity index (χ0) is 12.4. The second-order valence-corrected chi connectivity index (χ2v) is 3.31. The van der Waals surface area contributed by atoms with Crippen LogP contribution in [0.4, 0.5) is 0 Å². The van der Waals surface area contributed by atoms with Crippen molar-refractivity contribution in [1.82, 2.24) is 0 Å². The number of rotatable bonds is 4. The minimum Gasteiger partial charge on any atom is -0.504 e. The molecule has 0 heterocycles. The van der Waals surface area contributed by atoms with E-state index in [2.05, 4.69) is 6.92 Å². The van der Waals surface area contributed by atoms with Gasteiger partial charge in [0.25, 0.3) is 0 Å². The molecule has 0 aliphatic rings. The molecule has 0 aliphatic carbocycles. The summed E-state index contributed by atoms with van der Waals surface area (Å²) < 4.78 is 0. The SMILES string of the molecule is CCCCCC=O.Oc1cccc(O)c1O. The minimum atomic E-state index is -0.475. The van der Waals surface area contributed by atoms with Crippen LogP contribution < -0.4 is 0 Å². The van der Waals surface area contributed by atoms with Crippen LogP contribution in [-0.2, 0) is 4.79 Å². The van der Waals surface area contributed by atoms with E-state index >= 15 is 0 Å². The summed E-state index contributed by atoms with van der Waals surface area (Å²) in [5, 5.41) is 26.1. The van der Waals surface area contributed by atoms with Gasteiger partial charge in [-0.05, 0) is 18.6 Å². The van der Waals surface area contributed by atoms with Gasteiger partial charge >= 0.3 is 0 Å². The fourth-order valence-electron chi connectivity index (χ4n) is 0.997. The van der Waals surface area contributed by atoms with Crippen LogP contribution in [0.15, 0.2) is 18.2 Å². The van der Waals surface area contributed by atoms with Crippen LogP contribution in [0.25, 0.3) is 0 Å². The van der Waals surface area contributed by atoms with Gasteiger partial charge in [0, 0.05) is 6.42 Å². The lowest BCUT2D eigenvalue weighted by Gasteiger charge is -1.96. The lowest BCUT2D eigenvalue weighted by molar-refractivity contribution is -0.107.